The Morgan fingerprint density at radius 1 is 1.36 bits per heavy atom. The van der Waals surface area contributed by atoms with Gasteiger partial charge in [-0.1, -0.05) is 6.07 Å². The smallest absolute Gasteiger partial charge is 0.322 e. The fraction of sp³-hybridized carbons (Fsp3) is 0.474. The normalized spacial score (nSPS) is 19.8. The van der Waals surface area contributed by atoms with Crippen LogP contribution in [-0.2, 0) is 6.42 Å². The number of likely N-dealkylation sites (tertiary alicyclic amines) is 1. The molecule has 1 aromatic carbocycles. The molecule has 2 N–H and O–H groups in total. The maximum Gasteiger partial charge on any atom is 0.322 e. The van der Waals surface area contributed by atoms with Gasteiger partial charge in [0.15, 0.2) is 0 Å². The van der Waals surface area contributed by atoms with Gasteiger partial charge < -0.3 is 20.1 Å². The van der Waals surface area contributed by atoms with Gasteiger partial charge in [-0.3, -0.25) is 0 Å². The van der Waals surface area contributed by atoms with Gasteiger partial charge in [0.1, 0.15) is 5.82 Å². The Morgan fingerprint density at radius 3 is 3.08 bits per heavy atom. The van der Waals surface area contributed by atoms with Crippen molar-refractivity contribution in [3.63, 3.8) is 0 Å². The van der Waals surface area contributed by atoms with Crippen LogP contribution in [0.25, 0.3) is 0 Å². The van der Waals surface area contributed by atoms with Crippen molar-refractivity contribution in [1.29, 1.82) is 0 Å². The third-order valence-electron chi connectivity index (χ3n) is 5.31. The number of nitrogens with one attached hydrogen (secondary N) is 2. The van der Waals surface area contributed by atoms with Crippen LogP contribution in [0.4, 0.5) is 16.2 Å². The highest BCUT2D eigenvalue weighted by molar-refractivity contribution is 5.90. The average molecular weight is 339 g/mol. The molecular formula is C19H25N5O. The van der Waals surface area contributed by atoms with Gasteiger partial charge in [0.2, 0.25) is 0 Å². The third kappa shape index (κ3) is 3.08. The maximum absolute atomic E-state index is 12.9. The Hall–Kier alpha value is -2.50. The predicted octanol–water partition coefficient (Wildman–Crippen LogP) is 3.55. The van der Waals surface area contributed by atoms with Crippen molar-refractivity contribution in [3.8, 4) is 0 Å². The quantitative estimate of drug-likeness (QED) is 0.899. The first kappa shape index (κ1) is 16.0. The van der Waals surface area contributed by atoms with Gasteiger partial charge in [-0.25, -0.2) is 9.78 Å². The molecule has 0 bridgehead atoms. The Bertz CT molecular complexity index is 742. The van der Waals surface area contributed by atoms with E-state index in [0.717, 1.165) is 56.8 Å². The molecule has 1 fully saturated rings. The number of H-pyrrole nitrogens is 1. The molecule has 0 radical (unpaired) electrons. The van der Waals surface area contributed by atoms with E-state index in [2.05, 4.69) is 39.2 Å². The molecule has 4 rings (SSSR count). The molecule has 6 heteroatoms. The molecule has 132 valence electrons. The van der Waals surface area contributed by atoms with Crippen molar-refractivity contribution >= 4 is 17.4 Å². The summed E-state index contributed by atoms with van der Waals surface area (Å²) in [6.45, 7) is 5.00. The van der Waals surface area contributed by atoms with Crippen molar-refractivity contribution in [3.05, 3.63) is 42.0 Å². The number of anilines is 2. The minimum Gasteiger partial charge on any atom is -0.371 e. The number of aromatic amines is 1. The van der Waals surface area contributed by atoms with Gasteiger partial charge in [-0.05, 0) is 50.3 Å². The van der Waals surface area contributed by atoms with E-state index in [0.29, 0.717) is 0 Å². The number of hydrogen-bond acceptors (Lipinski definition) is 3. The minimum atomic E-state index is -0.0397. The van der Waals surface area contributed by atoms with Crippen molar-refractivity contribution in [2.24, 2.45) is 0 Å². The van der Waals surface area contributed by atoms with Crippen LogP contribution in [0.2, 0.25) is 0 Å². The van der Waals surface area contributed by atoms with Crippen molar-refractivity contribution < 1.29 is 4.79 Å². The molecule has 2 amide bonds. The summed E-state index contributed by atoms with van der Waals surface area (Å²) in [5.41, 5.74) is 3.49. The molecule has 2 aliphatic rings. The molecule has 2 aromatic rings. The zero-order valence-corrected chi connectivity index (χ0v) is 14.7. The zero-order valence-electron chi connectivity index (χ0n) is 14.7. The minimum absolute atomic E-state index is 0.0327. The Morgan fingerprint density at radius 2 is 2.28 bits per heavy atom. The van der Waals surface area contributed by atoms with Crippen LogP contribution in [0.15, 0.2) is 30.6 Å². The van der Waals surface area contributed by atoms with E-state index < -0.39 is 0 Å². The van der Waals surface area contributed by atoms with Gasteiger partial charge >= 0.3 is 6.03 Å². The van der Waals surface area contributed by atoms with E-state index in [-0.39, 0.29) is 12.1 Å². The number of piperidine rings is 1. The van der Waals surface area contributed by atoms with Crippen LogP contribution in [0.3, 0.4) is 0 Å². The molecule has 0 saturated carbocycles. The Labute approximate surface area is 148 Å². The highest BCUT2D eigenvalue weighted by atomic mass is 16.2. The third-order valence-corrected chi connectivity index (χ3v) is 5.31. The molecule has 1 atom stereocenters. The number of carbonyl (C=O) groups is 1. The summed E-state index contributed by atoms with van der Waals surface area (Å²) in [7, 11) is 0. The van der Waals surface area contributed by atoms with Crippen LogP contribution >= 0.6 is 0 Å². The molecule has 3 heterocycles. The summed E-state index contributed by atoms with van der Waals surface area (Å²) in [5, 5.41) is 3.10. The summed E-state index contributed by atoms with van der Waals surface area (Å²) >= 11 is 0. The van der Waals surface area contributed by atoms with Gasteiger partial charge in [0, 0.05) is 43.4 Å². The van der Waals surface area contributed by atoms with Crippen molar-refractivity contribution in [1.82, 2.24) is 14.9 Å². The summed E-state index contributed by atoms with van der Waals surface area (Å²) in [6.07, 6.45) is 7.77. The molecule has 0 aliphatic carbocycles. The van der Waals surface area contributed by atoms with Gasteiger partial charge in [0.05, 0.1) is 6.04 Å². The highest BCUT2D eigenvalue weighted by Crippen LogP contribution is 2.32. The zero-order chi connectivity index (χ0) is 17.2. The fourth-order valence-electron chi connectivity index (χ4n) is 3.97. The first-order valence-electron chi connectivity index (χ1n) is 9.21. The van der Waals surface area contributed by atoms with E-state index in [1.807, 2.05) is 17.2 Å². The van der Waals surface area contributed by atoms with E-state index in [1.165, 1.54) is 11.3 Å². The van der Waals surface area contributed by atoms with E-state index in [4.69, 9.17) is 0 Å². The van der Waals surface area contributed by atoms with Crippen LogP contribution < -0.4 is 10.2 Å². The molecular weight excluding hydrogens is 314 g/mol. The summed E-state index contributed by atoms with van der Waals surface area (Å²) in [6, 6.07) is 6.26. The number of fused-ring (bicyclic) bond motifs is 1. The largest absolute Gasteiger partial charge is 0.371 e. The molecule has 6 nitrogen and oxygen atoms in total. The van der Waals surface area contributed by atoms with Crippen LogP contribution in [0.5, 0.6) is 0 Å². The second-order valence-corrected chi connectivity index (χ2v) is 6.78. The number of likely N-dealkylation sites (N-methyl/N-ethyl adjacent to an activating group) is 1. The lowest BCUT2D eigenvalue weighted by Gasteiger charge is -2.34. The van der Waals surface area contributed by atoms with Crippen LogP contribution in [-0.4, -0.2) is 40.5 Å². The number of urea groups is 1. The SMILES string of the molecule is CCN1CCc2ccc(NC(=O)N3CCCC[C@H]3c3ncc[nH]3)cc21. The maximum atomic E-state index is 12.9. The van der Waals surface area contributed by atoms with Crippen LogP contribution in [0.1, 0.15) is 43.6 Å². The Balaban J connectivity index is 1.51. The second kappa shape index (κ2) is 6.78. The molecule has 0 unspecified atom stereocenters. The number of aromatic nitrogens is 2. The van der Waals surface area contributed by atoms with Crippen molar-refractivity contribution in [2.45, 2.75) is 38.6 Å². The summed E-state index contributed by atoms with van der Waals surface area (Å²) < 4.78 is 0. The number of carbonyl (C=O) groups excluding carboxylic acids is 1. The number of nitrogens with zero attached hydrogens (tertiary/aromatic N) is 3. The predicted molar refractivity (Wildman–Crippen MR) is 98.9 cm³/mol. The molecule has 0 spiro atoms. The Kier molecular flexibility index (Phi) is 4.34. The lowest BCUT2D eigenvalue weighted by molar-refractivity contribution is 0.160. The van der Waals surface area contributed by atoms with Gasteiger partial charge in [0.25, 0.3) is 0 Å². The van der Waals surface area contributed by atoms with Gasteiger partial charge in [-0.2, -0.15) is 0 Å². The standard InChI is InChI=1S/C19H25N5O/c1-2-23-12-8-14-6-7-15(13-17(14)23)22-19(25)24-11-4-3-5-16(24)18-20-9-10-21-18/h6-7,9-10,13,16H,2-5,8,11-12H2,1H3,(H,20,21)(H,22,25)/t16-/m0/s1. The second-order valence-electron chi connectivity index (χ2n) is 6.78. The van der Waals surface area contributed by atoms with E-state index >= 15 is 0 Å². The van der Waals surface area contributed by atoms with Crippen LogP contribution in [0, 0.1) is 0 Å². The summed E-state index contributed by atoms with van der Waals surface area (Å²) in [5.74, 6) is 0.876. The first-order valence-corrected chi connectivity index (χ1v) is 9.21. The highest BCUT2D eigenvalue weighted by Gasteiger charge is 2.30. The van der Waals surface area contributed by atoms with E-state index in [9.17, 15) is 4.79 Å². The molecule has 1 saturated heterocycles. The average Bonchev–Trinajstić information content (AvgIpc) is 3.31. The topological polar surface area (TPSA) is 64.3 Å². The first-order chi connectivity index (χ1) is 12.3. The monoisotopic (exact) mass is 339 g/mol. The number of amides is 2. The number of benzene rings is 1. The van der Waals surface area contributed by atoms with E-state index in [1.54, 1.807) is 6.20 Å². The number of rotatable bonds is 3. The van der Waals surface area contributed by atoms with Gasteiger partial charge in [-0.15, -0.1) is 0 Å². The number of imidazole rings is 1. The lowest BCUT2D eigenvalue weighted by atomic mass is 10.0. The lowest BCUT2D eigenvalue weighted by Crippen LogP contribution is -2.41. The molecule has 25 heavy (non-hydrogen) atoms. The van der Waals surface area contributed by atoms with Crippen molar-refractivity contribution in [2.75, 3.05) is 29.9 Å². The molecule has 2 aliphatic heterocycles. The molecule has 1 aromatic heterocycles. The fourth-order valence-corrected chi connectivity index (χ4v) is 3.97. The summed E-state index contributed by atoms with van der Waals surface area (Å²) in [4.78, 5) is 24.7. The number of hydrogen-bond donors (Lipinski definition) is 2.